The molecular formula is C5H6Cl2N4. The number of nitrogens with zero attached hydrogens (tertiary/aromatic N) is 3. The second-order valence-electron chi connectivity index (χ2n) is 1.73. The van der Waals surface area contributed by atoms with Crippen molar-refractivity contribution in [2.75, 3.05) is 12.4 Å². The zero-order chi connectivity index (χ0) is 8.27. The van der Waals surface area contributed by atoms with Crippen molar-refractivity contribution in [1.82, 2.24) is 15.0 Å². The lowest BCUT2D eigenvalue weighted by Gasteiger charge is -1.99. The molecule has 60 valence electrons. The molecule has 11 heavy (non-hydrogen) atoms. The third kappa shape index (κ3) is 2.17. The third-order valence-corrected chi connectivity index (χ3v) is 1.41. The van der Waals surface area contributed by atoms with Crippen LogP contribution < -0.4 is 5.32 Å². The summed E-state index contributed by atoms with van der Waals surface area (Å²) in [4.78, 5) is 11.5. The second-order valence-corrected chi connectivity index (χ2v) is 2.33. The van der Waals surface area contributed by atoms with Crippen molar-refractivity contribution in [1.29, 1.82) is 0 Å². The van der Waals surface area contributed by atoms with Crippen molar-refractivity contribution in [3.05, 3.63) is 11.1 Å². The van der Waals surface area contributed by atoms with Crippen LogP contribution in [0.2, 0.25) is 5.28 Å². The van der Waals surface area contributed by atoms with Crippen LogP contribution in [-0.4, -0.2) is 22.0 Å². The molecule has 0 aliphatic rings. The first-order valence-electron chi connectivity index (χ1n) is 2.90. The van der Waals surface area contributed by atoms with Gasteiger partial charge in [0.25, 0.3) is 0 Å². The minimum Gasteiger partial charge on any atom is -0.357 e. The van der Waals surface area contributed by atoms with Crippen molar-refractivity contribution in [3.63, 3.8) is 0 Å². The van der Waals surface area contributed by atoms with E-state index in [9.17, 15) is 0 Å². The maximum Gasteiger partial charge on any atom is 0.227 e. The largest absolute Gasteiger partial charge is 0.357 e. The molecule has 0 fully saturated rings. The van der Waals surface area contributed by atoms with Crippen molar-refractivity contribution in [3.8, 4) is 0 Å². The molecule has 1 aromatic heterocycles. The Balaban J connectivity index is 3.02. The van der Waals surface area contributed by atoms with Crippen LogP contribution >= 0.6 is 23.2 Å². The minimum absolute atomic E-state index is 0.153. The maximum atomic E-state index is 5.55. The third-order valence-electron chi connectivity index (χ3n) is 0.998. The number of aromatic nitrogens is 3. The van der Waals surface area contributed by atoms with E-state index in [-0.39, 0.29) is 11.2 Å². The molecule has 0 aliphatic heterocycles. The standard InChI is InChI=1S/C5H6Cl2N4/c1-8-5-10-3(2-6)9-4(7)11-5/h2H2,1H3,(H,8,9,10,11). The molecule has 0 aromatic carbocycles. The predicted octanol–water partition coefficient (Wildman–Crippen LogP) is 1.31. The lowest BCUT2D eigenvalue weighted by Crippen LogP contribution is -2.01. The SMILES string of the molecule is CNc1nc(Cl)nc(CCl)n1. The van der Waals surface area contributed by atoms with E-state index in [0.29, 0.717) is 11.8 Å². The van der Waals surface area contributed by atoms with E-state index < -0.39 is 0 Å². The van der Waals surface area contributed by atoms with Gasteiger partial charge in [0, 0.05) is 7.05 Å². The number of anilines is 1. The van der Waals surface area contributed by atoms with E-state index in [1.807, 2.05) is 0 Å². The molecule has 0 unspecified atom stereocenters. The van der Waals surface area contributed by atoms with Crippen LogP contribution in [0.15, 0.2) is 0 Å². The van der Waals surface area contributed by atoms with Crippen LogP contribution in [0.1, 0.15) is 5.82 Å². The number of hydrogen-bond acceptors (Lipinski definition) is 4. The molecule has 0 atom stereocenters. The highest BCUT2D eigenvalue weighted by molar-refractivity contribution is 6.28. The summed E-state index contributed by atoms with van der Waals surface area (Å²) >= 11 is 11.0. The van der Waals surface area contributed by atoms with Gasteiger partial charge in [-0.1, -0.05) is 0 Å². The zero-order valence-corrected chi connectivity index (χ0v) is 7.32. The van der Waals surface area contributed by atoms with Gasteiger partial charge in [-0.05, 0) is 11.6 Å². The van der Waals surface area contributed by atoms with Gasteiger partial charge in [-0.3, -0.25) is 0 Å². The average molecular weight is 193 g/mol. The normalized spacial score (nSPS) is 9.73. The second kappa shape index (κ2) is 3.69. The predicted molar refractivity (Wildman–Crippen MR) is 43.9 cm³/mol. The van der Waals surface area contributed by atoms with E-state index in [1.165, 1.54) is 0 Å². The van der Waals surface area contributed by atoms with Crippen molar-refractivity contribution < 1.29 is 0 Å². The molecule has 1 aromatic rings. The van der Waals surface area contributed by atoms with Crippen LogP contribution in [0.4, 0.5) is 5.95 Å². The van der Waals surface area contributed by atoms with Gasteiger partial charge < -0.3 is 5.32 Å². The van der Waals surface area contributed by atoms with Gasteiger partial charge in [-0.15, -0.1) is 11.6 Å². The number of hydrogen-bond donors (Lipinski definition) is 1. The molecule has 6 heteroatoms. The summed E-state index contributed by atoms with van der Waals surface area (Å²) in [5, 5.41) is 2.89. The quantitative estimate of drug-likeness (QED) is 0.719. The summed E-state index contributed by atoms with van der Waals surface area (Å²) in [7, 11) is 1.70. The zero-order valence-electron chi connectivity index (χ0n) is 5.80. The Morgan fingerprint density at radius 2 is 2.09 bits per heavy atom. The number of rotatable bonds is 2. The van der Waals surface area contributed by atoms with Crippen LogP contribution in [0.5, 0.6) is 0 Å². The molecule has 0 bridgehead atoms. The molecule has 0 aliphatic carbocycles. The molecule has 4 nitrogen and oxygen atoms in total. The van der Waals surface area contributed by atoms with Gasteiger partial charge >= 0.3 is 0 Å². The summed E-state index contributed by atoms with van der Waals surface area (Å²) in [6, 6.07) is 0. The number of nitrogens with one attached hydrogen (secondary N) is 1. The van der Waals surface area contributed by atoms with Gasteiger partial charge in [0.2, 0.25) is 11.2 Å². The Bertz CT molecular complexity index is 230. The van der Waals surface area contributed by atoms with E-state index in [4.69, 9.17) is 23.2 Å². The Kier molecular flexibility index (Phi) is 2.84. The molecule has 0 spiro atoms. The van der Waals surface area contributed by atoms with Crippen molar-refractivity contribution in [2.45, 2.75) is 5.88 Å². The molecule has 0 saturated heterocycles. The molecule has 0 radical (unpaired) electrons. The Labute approximate surface area is 74.0 Å². The minimum atomic E-state index is 0.153. The van der Waals surface area contributed by atoms with Gasteiger partial charge in [-0.25, -0.2) is 4.98 Å². The first kappa shape index (κ1) is 8.49. The summed E-state index contributed by atoms with van der Waals surface area (Å²) in [6.07, 6.45) is 0. The first-order chi connectivity index (χ1) is 5.26. The highest BCUT2D eigenvalue weighted by atomic mass is 35.5. The summed E-state index contributed by atoms with van der Waals surface area (Å²) in [5.41, 5.74) is 0. The van der Waals surface area contributed by atoms with Gasteiger partial charge in [0.1, 0.15) is 0 Å². The Hall–Kier alpha value is -0.610. The fourth-order valence-corrected chi connectivity index (χ4v) is 0.860. The van der Waals surface area contributed by atoms with Gasteiger partial charge in [0.05, 0.1) is 5.88 Å². The summed E-state index contributed by atoms with van der Waals surface area (Å²) in [5.74, 6) is 1.13. The number of halogens is 2. The molecule has 0 amide bonds. The fraction of sp³-hybridized carbons (Fsp3) is 0.400. The fourth-order valence-electron chi connectivity index (χ4n) is 0.563. The van der Waals surface area contributed by atoms with E-state index >= 15 is 0 Å². The van der Waals surface area contributed by atoms with Crippen LogP contribution in [0, 0.1) is 0 Å². The van der Waals surface area contributed by atoms with Crippen molar-refractivity contribution >= 4 is 29.2 Å². The Morgan fingerprint density at radius 1 is 1.36 bits per heavy atom. The molecule has 0 saturated carbocycles. The molecule has 1 heterocycles. The average Bonchev–Trinajstić information content (AvgIpc) is 2.03. The molecule has 1 N–H and O–H groups in total. The highest BCUT2D eigenvalue weighted by Crippen LogP contribution is 2.06. The maximum absolute atomic E-state index is 5.55. The lowest BCUT2D eigenvalue weighted by atomic mass is 10.7. The molecule has 1 rings (SSSR count). The topological polar surface area (TPSA) is 50.7 Å². The van der Waals surface area contributed by atoms with Crippen molar-refractivity contribution in [2.24, 2.45) is 0 Å². The summed E-state index contributed by atoms with van der Waals surface area (Å²) in [6.45, 7) is 0. The smallest absolute Gasteiger partial charge is 0.227 e. The Morgan fingerprint density at radius 3 is 2.64 bits per heavy atom. The van der Waals surface area contributed by atoms with Crippen LogP contribution in [0.3, 0.4) is 0 Å². The highest BCUT2D eigenvalue weighted by Gasteiger charge is 2.00. The van der Waals surface area contributed by atoms with Gasteiger partial charge in [-0.2, -0.15) is 9.97 Å². The number of alkyl halides is 1. The van der Waals surface area contributed by atoms with E-state index in [0.717, 1.165) is 0 Å². The van der Waals surface area contributed by atoms with E-state index in [2.05, 4.69) is 20.3 Å². The summed E-state index contributed by atoms with van der Waals surface area (Å²) < 4.78 is 0. The lowest BCUT2D eigenvalue weighted by molar-refractivity contribution is 0.962. The van der Waals surface area contributed by atoms with E-state index in [1.54, 1.807) is 7.05 Å². The first-order valence-corrected chi connectivity index (χ1v) is 3.81. The molecular weight excluding hydrogens is 187 g/mol. The monoisotopic (exact) mass is 192 g/mol. The van der Waals surface area contributed by atoms with Crippen LogP contribution in [-0.2, 0) is 5.88 Å². The van der Waals surface area contributed by atoms with Gasteiger partial charge in [0.15, 0.2) is 5.82 Å². The van der Waals surface area contributed by atoms with Crippen LogP contribution in [0.25, 0.3) is 0 Å².